The third kappa shape index (κ3) is 3.37. The van der Waals surface area contributed by atoms with Crippen LogP contribution < -0.4 is 5.32 Å². The van der Waals surface area contributed by atoms with Gasteiger partial charge in [-0.3, -0.25) is 0 Å². The minimum atomic E-state index is -0.223. The fourth-order valence-corrected chi connectivity index (χ4v) is 2.62. The monoisotopic (exact) mass is 313 g/mol. The highest BCUT2D eigenvalue weighted by Crippen LogP contribution is 2.21. The Hall–Kier alpha value is -0.710. The molecule has 1 atom stereocenters. The van der Waals surface area contributed by atoms with Crippen molar-refractivity contribution in [3.63, 3.8) is 0 Å². The molecule has 0 saturated heterocycles. The number of nitrogens with one attached hydrogen (secondary N) is 1. The summed E-state index contributed by atoms with van der Waals surface area (Å²) >= 11 is 4.94. The zero-order valence-electron chi connectivity index (χ0n) is 9.41. The Labute approximate surface area is 113 Å². The van der Waals surface area contributed by atoms with E-state index in [1.165, 1.54) is 10.9 Å². The first kappa shape index (κ1) is 12.7. The molecule has 2 rings (SSSR count). The van der Waals surface area contributed by atoms with Crippen LogP contribution in [0, 0.1) is 5.82 Å². The van der Waals surface area contributed by atoms with Crippen molar-refractivity contribution >= 4 is 27.3 Å². The summed E-state index contributed by atoms with van der Waals surface area (Å²) in [5.41, 5.74) is 1.08. The van der Waals surface area contributed by atoms with E-state index in [1.54, 1.807) is 11.3 Å². The van der Waals surface area contributed by atoms with Crippen LogP contribution in [-0.4, -0.2) is 0 Å². The smallest absolute Gasteiger partial charge is 0.137 e. The van der Waals surface area contributed by atoms with Crippen molar-refractivity contribution in [1.82, 2.24) is 5.32 Å². The quantitative estimate of drug-likeness (QED) is 0.876. The largest absolute Gasteiger partial charge is 0.305 e. The normalized spacial score (nSPS) is 12.6. The van der Waals surface area contributed by atoms with Gasteiger partial charge in [0, 0.05) is 17.5 Å². The van der Waals surface area contributed by atoms with Crippen LogP contribution in [0.25, 0.3) is 0 Å². The maximum atomic E-state index is 13.1. The number of hydrogen-bond acceptors (Lipinski definition) is 2. The third-order valence-electron chi connectivity index (χ3n) is 2.61. The van der Waals surface area contributed by atoms with E-state index in [4.69, 9.17) is 0 Å². The minimum Gasteiger partial charge on any atom is -0.305 e. The van der Waals surface area contributed by atoms with Crippen LogP contribution in [0.2, 0.25) is 0 Å². The summed E-state index contributed by atoms with van der Waals surface area (Å²) in [5.74, 6) is -0.223. The van der Waals surface area contributed by atoms with Gasteiger partial charge in [-0.25, -0.2) is 4.39 Å². The van der Waals surface area contributed by atoms with Gasteiger partial charge >= 0.3 is 0 Å². The molecule has 17 heavy (non-hydrogen) atoms. The van der Waals surface area contributed by atoms with Gasteiger partial charge in [0.2, 0.25) is 0 Å². The topological polar surface area (TPSA) is 12.0 Å². The molecule has 1 aromatic carbocycles. The first-order chi connectivity index (χ1) is 8.16. The van der Waals surface area contributed by atoms with E-state index in [2.05, 4.69) is 39.6 Å². The second-order valence-electron chi connectivity index (χ2n) is 3.86. The van der Waals surface area contributed by atoms with Crippen molar-refractivity contribution in [1.29, 1.82) is 0 Å². The number of hydrogen-bond donors (Lipinski definition) is 1. The van der Waals surface area contributed by atoms with Crippen molar-refractivity contribution in [2.45, 2.75) is 19.5 Å². The average Bonchev–Trinajstić information content (AvgIpc) is 2.82. The molecule has 0 amide bonds. The minimum absolute atomic E-state index is 0.203. The lowest BCUT2D eigenvalue weighted by molar-refractivity contribution is 0.573. The van der Waals surface area contributed by atoms with E-state index in [0.29, 0.717) is 4.47 Å². The first-order valence-electron chi connectivity index (χ1n) is 5.37. The van der Waals surface area contributed by atoms with Crippen LogP contribution in [0.15, 0.2) is 40.2 Å². The number of benzene rings is 1. The fraction of sp³-hybridized carbons (Fsp3) is 0.231. The van der Waals surface area contributed by atoms with Gasteiger partial charge < -0.3 is 5.32 Å². The van der Waals surface area contributed by atoms with E-state index in [1.807, 2.05) is 18.2 Å². The molecule has 1 unspecified atom stereocenters. The highest BCUT2D eigenvalue weighted by Gasteiger charge is 2.07. The van der Waals surface area contributed by atoms with Crippen molar-refractivity contribution in [2.75, 3.05) is 0 Å². The third-order valence-corrected chi connectivity index (χ3v) is 4.09. The summed E-state index contributed by atoms with van der Waals surface area (Å²) in [6.07, 6.45) is 0. The van der Waals surface area contributed by atoms with Crippen LogP contribution in [0.5, 0.6) is 0 Å². The molecule has 1 N–H and O–H groups in total. The van der Waals surface area contributed by atoms with Crippen LogP contribution in [-0.2, 0) is 6.54 Å². The standard InChI is InChI=1S/C13H13BrFNS/c1-9(16-8-11-3-2-6-17-11)10-4-5-13(15)12(14)7-10/h2-7,9,16H,8H2,1H3. The Morgan fingerprint density at radius 2 is 2.24 bits per heavy atom. The highest BCUT2D eigenvalue weighted by atomic mass is 79.9. The zero-order chi connectivity index (χ0) is 12.3. The molecule has 4 heteroatoms. The van der Waals surface area contributed by atoms with Gasteiger partial charge in [-0.1, -0.05) is 12.1 Å². The average molecular weight is 314 g/mol. The molecule has 0 fully saturated rings. The molecular weight excluding hydrogens is 301 g/mol. The maximum absolute atomic E-state index is 13.1. The predicted molar refractivity (Wildman–Crippen MR) is 73.7 cm³/mol. The van der Waals surface area contributed by atoms with Gasteiger partial charge in [0.1, 0.15) is 5.82 Å². The predicted octanol–water partition coefficient (Wildman–Crippen LogP) is 4.50. The summed E-state index contributed by atoms with van der Waals surface area (Å²) in [5, 5.41) is 5.48. The lowest BCUT2D eigenvalue weighted by Crippen LogP contribution is -2.17. The molecule has 0 aliphatic carbocycles. The molecule has 1 heterocycles. The highest BCUT2D eigenvalue weighted by molar-refractivity contribution is 9.10. The van der Waals surface area contributed by atoms with Crippen molar-refractivity contribution < 1.29 is 4.39 Å². The molecule has 0 spiro atoms. The Bertz CT molecular complexity index is 484. The SMILES string of the molecule is CC(NCc1cccs1)c1ccc(F)c(Br)c1. The van der Waals surface area contributed by atoms with Crippen molar-refractivity contribution in [3.05, 3.63) is 56.4 Å². The Morgan fingerprint density at radius 3 is 2.88 bits per heavy atom. The summed E-state index contributed by atoms with van der Waals surface area (Å²) in [6.45, 7) is 2.92. The van der Waals surface area contributed by atoms with Gasteiger partial charge in [-0.15, -0.1) is 11.3 Å². The maximum Gasteiger partial charge on any atom is 0.137 e. The summed E-state index contributed by atoms with van der Waals surface area (Å²) in [6, 6.07) is 9.47. The molecule has 2 aromatic rings. The summed E-state index contributed by atoms with van der Waals surface area (Å²) in [7, 11) is 0. The molecule has 0 aliphatic rings. The second-order valence-corrected chi connectivity index (χ2v) is 5.74. The zero-order valence-corrected chi connectivity index (χ0v) is 11.8. The molecule has 90 valence electrons. The molecule has 1 aromatic heterocycles. The Kier molecular flexibility index (Phi) is 4.31. The van der Waals surface area contributed by atoms with Crippen LogP contribution >= 0.6 is 27.3 Å². The summed E-state index contributed by atoms with van der Waals surface area (Å²) < 4.78 is 13.6. The van der Waals surface area contributed by atoms with Gasteiger partial charge in [-0.05, 0) is 52.0 Å². The molecule has 0 radical (unpaired) electrons. The number of rotatable bonds is 4. The van der Waals surface area contributed by atoms with Gasteiger partial charge in [-0.2, -0.15) is 0 Å². The first-order valence-corrected chi connectivity index (χ1v) is 7.05. The van der Waals surface area contributed by atoms with Gasteiger partial charge in [0.15, 0.2) is 0 Å². The van der Waals surface area contributed by atoms with Gasteiger partial charge in [0.25, 0.3) is 0 Å². The van der Waals surface area contributed by atoms with Crippen molar-refractivity contribution in [3.8, 4) is 0 Å². The molecule has 0 saturated carbocycles. The van der Waals surface area contributed by atoms with Crippen molar-refractivity contribution in [2.24, 2.45) is 0 Å². The van der Waals surface area contributed by atoms with Crippen LogP contribution in [0.3, 0.4) is 0 Å². The van der Waals surface area contributed by atoms with Gasteiger partial charge in [0.05, 0.1) is 4.47 Å². The Balaban J connectivity index is 1.99. The number of thiophene rings is 1. The summed E-state index contributed by atoms with van der Waals surface area (Å²) in [4.78, 5) is 1.30. The van der Waals surface area contributed by atoms with E-state index in [-0.39, 0.29) is 11.9 Å². The molecule has 0 aliphatic heterocycles. The lowest BCUT2D eigenvalue weighted by Gasteiger charge is -2.14. The van der Waals surface area contributed by atoms with Crippen LogP contribution in [0.1, 0.15) is 23.4 Å². The molecular formula is C13H13BrFNS. The van der Waals surface area contributed by atoms with Crippen LogP contribution in [0.4, 0.5) is 4.39 Å². The molecule has 0 bridgehead atoms. The van der Waals surface area contributed by atoms with E-state index in [0.717, 1.165) is 12.1 Å². The molecule has 1 nitrogen and oxygen atoms in total. The fourth-order valence-electron chi connectivity index (χ4n) is 1.57. The van der Waals surface area contributed by atoms with E-state index >= 15 is 0 Å². The van der Waals surface area contributed by atoms with E-state index in [9.17, 15) is 4.39 Å². The van der Waals surface area contributed by atoms with E-state index < -0.39 is 0 Å². The Morgan fingerprint density at radius 1 is 1.41 bits per heavy atom. The number of halogens is 2. The second kappa shape index (κ2) is 5.76. The lowest BCUT2D eigenvalue weighted by atomic mass is 10.1.